The first kappa shape index (κ1) is 17.0. The lowest BCUT2D eigenvalue weighted by Crippen LogP contribution is -2.15. The number of nitrogens with zero attached hydrogens (tertiary/aromatic N) is 2. The molecule has 4 rings (SSSR count). The number of anilines is 4. The molecule has 0 radical (unpaired) electrons. The highest BCUT2D eigenvalue weighted by atomic mass is 19.2. The zero-order valence-electron chi connectivity index (χ0n) is 14.4. The summed E-state index contributed by atoms with van der Waals surface area (Å²) >= 11 is 0. The molecule has 0 spiro atoms. The van der Waals surface area contributed by atoms with E-state index in [9.17, 15) is 8.78 Å². The van der Waals surface area contributed by atoms with Gasteiger partial charge in [0.2, 0.25) is 5.95 Å². The smallest absolute Gasteiger partial charge is 0.229 e. The van der Waals surface area contributed by atoms with Crippen LogP contribution in [0, 0.1) is 18.6 Å². The van der Waals surface area contributed by atoms with Gasteiger partial charge in [-0.05, 0) is 31.2 Å². The Bertz CT molecular complexity index is 997. The first-order valence-electron chi connectivity index (χ1n) is 8.31. The maximum absolute atomic E-state index is 13.4. The van der Waals surface area contributed by atoms with Gasteiger partial charge in [0.1, 0.15) is 19.0 Å². The number of nitrogens with one attached hydrogen (secondary N) is 2. The lowest BCUT2D eigenvalue weighted by atomic mass is 10.2. The van der Waals surface area contributed by atoms with Crippen LogP contribution in [0.4, 0.5) is 31.9 Å². The Balaban J connectivity index is 1.56. The van der Waals surface area contributed by atoms with Crippen molar-refractivity contribution in [1.29, 1.82) is 0 Å². The van der Waals surface area contributed by atoms with Gasteiger partial charge in [-0.25, -0.2) is 13.8 Å². The lowest BCUT2D eigenvalue weighted by Gasteiger charge is -2.19. The molecule has 0 unspecified atom stereocenters. The van der Waals surface area contributed by atoms with Gasteiger partial charge in [0.15, 0.2) is 23.1 Å². The van der Waals surface area contributed by atoms with E-state index in [0.717, 1.165) is 17.8 Å². The van der Waals surface area contributed by atoms with Crippen molar-refractivity contribution in [2.75, 3.05) is 23.8 Å². The molecular weight excluding hydrogens is 354 g/mol. The Hall–Kier alpha value is -3.42. The second-order valence-electron chi connectivity index (χ2n) is 5.96. The maximum Gasteiger partial charge on any atom is 0.229 e. The molecular formula is C19H16F2N4O2. The van der Waals surface area contributed by atoms with Gasteiger partial charge in [0, 0.05) is 35.3 Å². The minimum absolute atomic E-state index is 0.358. The normalized spacial score (nSPS) is 12.6. The fraction of sp³-hybridized carbons (Fsp3) is 0.158. The second-order valence-corrected chi connectivity index (χ2v) is 5.96. The number of aryl methyl sites for hydroxylation is 1. The summed E-state index contributed by atoms with van der Waals surface area (Å²) in [5.74, 6) is 0.322. The van der Waals surface area contributed by atoms with E-state index in [1.807, 2.05) is 25.1 Å². The van der Waals surface area contributed by atoms with Crippen molar-refractivity contribution in [2.24, 2.45) is 0 Å². The first-order chi connectivity index (χ1) is 13.1. The molecule has 0 aliphatic carbocycles. The van der Waals surface area contributed by atoms with Crippen LogP contribution in [-0.2, 0) is 0 Å². The molecule has 2 aromatic carbocycles. The molecule has 0 atom stereocenters. The largest absolute Gasteiger partial charge is 0.486 e. The Kier molecular flexibility index (Phi) is 4.45. The van der Waals surface area contributed by atoms with E-state index in [1.54, 1.807) is 6.07 Å². The third kappa shape index (κ3) is 3.89. The van der Waals surface area contributed by atoms with Crippen molar-refractivity contribution in [3.63, 3.8) is 0 Å². The zero-order chi connectivity index (χ0) is 18.8. The number of rotatable bonds is 4. The number of aromatic nitrogens is 2. The molecule has 2 heterocycles. The van der Waals surface area contributed by atoms with Crippen LogP contribution in [0.2, 0.25) is 0 Å². The number of ether oxygens (including phenoxy) is 2. The van der Waals surface area contributed by atoms with E-state index in [0.29, 0.717) is 47.9 Å². The number of halogens is 2. The van der Waals surface area contributed by atoms with Crippen LogP contribution in [0.15, 0.2) is 42.5 Å². The average Bonchev–Trinajstić information content (AvgIpc) is 2.64. The fourth-order valence-corrected chi connectivity index (χ4v) is 2.66. The highest BCUT2D eigenvalue weighted by Crippen LogP contribution is 2.33. The highest BCUT2D eigenvalue weighted by molar-refractivity contribution is 5.62. The van der Waals surface area contributed by atoms with Gasteiger partial charge in [-0.2, -0.15) is 4.98 Å². The molecule has 8 heteroatoms. The molecule has 0 bridgehead atoms. The predicted octanol–water partition coefficient (Wildman–Crippen LogP) is 4.32. The summed E-state index contributed by atoms with van der Waals surface area (Å²) in [6.45, 7) is 2.84. The van der Waals surface area contributed by atoms with Gasteiger partial charge < -0.3 is 20.1 Å². The summed E-state index contributed by atoms with van der Waals surface area (Å²) in [5.41, 5.74) is 1.83. The molecule has 6 nitrogen and oxygen atoms in total. The summed E-state index contributed by atoms with van der Waals surface area (Å²) in [4.78, 5) is 8.71. The molecule has 138 valence electrons. The van der Waals surface area contributed by atoms with E-state index in [4.69, 9.17) is 9.47 Å². The molecule has 3 aromatic rings. The van der Waals surface area contributed by atoms with Crippen LogP contribution in [0.3, 0.4) is 0 Å². The highest BCUT2D eigenvalue weighted by Gasteiger charge is 2.12. The van der Waals surface area contributed by atoms with Gasteiger partial charge in [-0.1, -0.05) is 0 Å². The summed E-state index contributed by atoms with van der Waals surface area (Å²) in [6, 6.07) is 10.7. The van der Waals surface area contributed by atoms with Crippen LogP contribution in [-0.4, -0.2) is 23.2 Å². The number of benzene rings is 2. The quantitative estimate of drug-likeness (QED) is 0.713. The molecule has 0 fully saturated rings. The average molecular weight is 370 g/mol. The third-order valence-corrected chi connectivity index (χ3v) is 3.84. The topological polar surface area (TPSA) is 68.3 Å². The fourth-order valence-electron chi connectivity index (χ4n) is 2.66. The van der Waals surface area contributed by atoms with E-state index in [2.05, 4.69) is 20.6 Å². The van der Waals surface area contributed by atoms with Crippen molar-refractivity contribution >= 4 is 23.1 Å². The zero-order valence-corrected chi connectivity index (χ0v) is 14.4. The standard InChI is InChI=1S/C19H16F2N4O2/c1-11-8-18(23-12-2-4-14(20)15(21)9-12)25-19(22-11)24-13-3-5-16-17(10-13)27-7-6-26-16/h2-5,8-10H,6-7H2,1H3,(H2,22,23,24,25). The summed E-state index contributed by atoms with van der Waals surface area (Å²) < 4.78 is 37.5. The van der Waals surface area contributed by atoms with Gasteiger partial charge in [0.25, 0.3) is 0 Å². The predicted molar refractivity (Wildman–Crippen MR) is 97.1 cm³/mol. The minimum Gasteiger partial charge on any atom is -0.486 e. The van der Waals surface area contributed by atoms with E-state index in [-0.39, 0.29) is 0 Å². The number of fused-ring (bicyclic) bond motifs is 1. The SMILES string of the molecule is Cc1cc(Nc2ccc(F)c(F)c2)nc(Nc2ccc3c(c2)OCCO3)n1. The number of hydrogen-bond donors (Lipinski definition) is 2. The van der Waals surface area contributed by atoms with Crippen molar-refractivity contribution in [1.82, 2.24) is 9.97 Å². The minimum atomic E-state index is -0.930. The van der Waals surface area contributed by atoms with Crippen molar-refractivity contribution in [3.8, 4) is 11.5 Å². The van der Waals surface area contributed by atoms with E-state index >= 15 is 0 Å². The maximum atomic E-state index is 13.4. The van der Waals surface area contributed by atoms with Crippen LogP contribution >= 0.6 is 0 Å². The summed E-state index contributed by atoms with van der Waals surface area (Å²) in [5, 5.41) is 6.06. The summed E-state index contributed by atoms with van der Waals surface area (Å²) in [6.07, 6.45) is 0. The summed E-state index contributed by atoms with van der Waals surface area (Å²) in [7, 11) is 0. The Morgan fingerprint density at radius 3 is 2.37 bits per heavy atom. The van der Waals surface area contributed by atoms with E-state index < -0.39 is 11.6 Å². The Morgan fingerprint density at radius 2 is 1.56 bits per heavy atom. The van der Waals surface area contributed by atoms with Crippen LogP contribution in [0.5, 0.6) is 11.5 Å². The van der Waals surface area contributed by atoms with Crippen LogP contribution in [0.1, 0.15) is 5.69 Å². The molecule has 1 aliphatic rings. The van der Waals surface area contributed by atoms with Gasteiger partial charge in [-0.3, -0.25) is 0 Å². The van der Waals surface area contributed by atoms with Gasteiger partial charge in [-0.15, -0.1) is 0 Å². The van der Waals surface area contributed by atoms with Gasteiger partial charge >= 0.3 is 0 Å². The monoisotopic (exact) mass is 370 g/mol. The van der Waals surface area contributed by atoms with Crippen molar-refractivity contribution in [2.45, 2.75) is 6.92 Å². The van der Waals surface area contributed by atoms with Crippen LogP contribution in [0.25, 0.3) is 0 Å². The molecule has 0 amide bonds. The number of hydrogen-bond acceptors (Lipinski definition) is 6. The van der Waals surface area contributed by atoms with Crippen molar-refractivity contribution < 1.29 is 18.3 Å². The Labute approximate surface area is 154 Å². The first-order valence-corrected chi connectivity index (χ1v) is 8.31. The molecule has 2 N–H and O–H groups in total. The molecule has 1 aliphatic heterocycles. The molecule has 1 aromatic heterocycles. The van der Waals surface area contributed by atoms with Gasteiger partial charge in [0.05, 0.1) is 0 Å². The molecule has 27 heavy (non-hydrogen) atoms. The molecule has 0 saturated heterocycles. The van der Waals surface area contributed by atoms with E-state index in [1.165, 1.54) is 6.07 Å². The second kappa shape index (κ2) is 7.06. The third-order valence-electron chi connectivity index (χ3n) is 3.84. The lowest BCUT2D eigenvalue weighted by molar-refractivity contribution is 0.171. The van der Waals surface area contributed by atoms with Crippen LogP contribution < -0.4 is 20.1 Å². The Morgan fingerprint density at radius 1 is 0.815 bits per heavy atom. The van der Waals surface area contributed by atoms with Crippen molar-refractivity contribution in [3.05, 3.63) is 59.8 Å². The molecule has 0 saturated carbocycles.